The van der Waals surface area contributed by atoms with Crippen LogP contribution in [0.2, 0.25) is 0 Å². The smallest absolute Gasteiger partial charge is 0.280 e. The highest BCUT2D eigenvalue weighted by Gasteiger charge is 2.19. The van der Waals surface area contributed by atoms with Crippen LogP contribution in [0.15, 0.2) is 48.8 Å². The van der Waals surface area contributed by atoms with Crippen molar-refractivity contribution in [3.63, 3.8) is 0 Å². The Morgan fingerprint density at radius 2 is 2.05 bits per heavy atom. The highest BCUT2D eigenvalue weighted by molar-refractivity contribution is 5.72. The second kappa shape index (κ2) is 5.77. The van der Waals surface area contributed by atoms with Gasteiger partial charge in [0.25, 0.3) is 5.69 Å². The summed E-state index contributed by atoms with van der Waals surface area (Å²) in [6, 6.07) is 10.4. The maximum absolute atomic E-state index is 11.2. The van der Waals surface area contributed by atoms with Crippen molar-refractivity contribution in [1.82, 2.24) is 15.0 Å². The summed E-state index contributed by atoms with van der Waals surface area (Å²) in [6.07, 6.45) is 4.18. The van der Waals surface area contributed by atoms with Crippen LogP contribution in [0, 0.1) is 10.1 Å². The van der Waals surface area contributed by atoms with Gasteiger partial charge in [0.15, 0.2) is 0 Å². The normalized spacial score (nSPS) is 10.6. The minimum atomic E-state index is -0.396. The number of nitrogens with zero attached hydrogens (tertiary/aromatic N) is 3. The number of imidazole rings is 1. The first-order valence-electron chi connectivity index (χ1n) is 6.93. The van der Waals surface area contributed by atoms with E-state index in [-0.39, 0.29) is 5.69 Å². The van der Waals surface area contributed by atoms with Gasteiger partial charge >= 0.3 is 0 Å². The first-order chi connectivity index (χ1) is 10.7. The molecule has 3 aromatic rings. The molecule has 1 aromatic carbocycles. The topological polar surface area (TPSA) is 84.7 Å². The third kappa shape index (κ3) is 2.46. The van der Waals surface area contributed by atoms with Gasteiger partial charge in [-0.1, -0.05) is 19.1 Å². The van der Waals surface area contributed by atoms with E-state index in [9.17, 15) is 10.1 Å². The van der Waals surface area contributed by atoms with Gasteiger partial charge in [0, 0.05) is 29.7 Å². The monoisotopic (exact) mass is 294 g/mol. The third-order valence-electron chi connectivity index (χ3n) is 3.42. The number of rotatable bonds is 4. The lowest BCUT2D eigenvalue weighted by Gasteiger charge is -1.98. The average molecular weight is 294 g/mol. The second-order valence-electron chi connectivity index (χ2n) is 4.78. The Morgan fingerprint density at radius 1 is 1.23 bits per heavy atom. The van der Waals surface area contributed by atoms with E-state index in [2.05, 4.69) is 15.0 Å². The lowest BCUT2D eigenvalue weighted by atomic mass is 10.1. The van der Waals surface area contributed by atoms with Crippen LogP contribution in [-0.2, 0) is 6.42 Å². The molecule has 22 heavy (non-hydrogen) atoms. The zero-order chi connectivity index (χ0) is 15.5. The van der Waals surface area contributed by atoms with Crippen LogP contribution in [0.1, 0.15) is 12.6 Å². The highest BCUT2D eigenvalue weighted by Crippen LogP contribution is 2.31. The van der Waals surface area contributed by atoms with Gasteiger partial charge in [-0.3, -0.25) is 15.1 Å². The fraction of sp³-hybridized carbons (Fsp3) is 0.125. The molecule has 2 aromatic heterocycles. The van der Waals surface area contributed by atoms with Crippen molar-refractivity contribution < 1.29 is 4.92 Å². The average Bonchev–Trinajstić information content (AvgIpc) is 3.00. The van der Waals surface area contributed by atoms with Gasteiger partial charge in [0.1, 0.15) is 5.82 Å². The first kappa shape index (κ1) is 13.9. The van der Waals surface area contributed by atoms with Crippen LogP contribution in [0.4, 0.5) is 5.69 Å². The molecule has 0 aliphatic carbocycles. The molecule has 0 saturated carbocycles. The van der Waals surface area contributed by atoms with Gasteiger partial charge < -0.3 is 4.98 Å². The van der Waals surface area contributed by atoms with Crippen LogP contribution in [-0.4, -0.2) is 19.9 Å². The number of nitro benzene ring substituents is 1. The SMILES string of the molecule is CCc1[nH]c(-c2ccccc2[N+](=O)[O-])nc1-c1cccnc1. The molecule has 6 nitrogen and oxygen atoms in total. The Bertz CT molecular complexity index is 812. The van der Waals surface area contributed by atoms with E-state index in [1.54, 1.807) is 30.6 Å². The highest BCUT2D eigenvalue weighted by atomic mass is 16.6. The van der Waals surface area contributed by atoms with E-state index in [1.165, 1.54) is 6.07 Å². The van der Waals surface area contributed by atoms with Crippen LogP contribution < -0.4 is 0 Å². The summed E-state index contributed by atoms with van der Waals surface area (Å²) in [7, 11) is 0. The largest absolute Gasteiger partial charge is 0.341 e. The maximum atomic E-state index is 11.2. The van der Waals surface area contributed by atoms with E-state index >= 15 is 0 Å². The van der Waals surface area contributed by atoms with Crippen molar-refractivity contribution in [3.8, 4) is 22.6 Å². The summed E-state index contributed by atoms with van der Waals surface area (Å²) in [6.45, 7) is 2.01. The zero-order valence-corrected chi connectivity index (χ0v) is 12.0. The van der Waals surface area contributed by atoms with Crippen LogP contribution in [0.5, 0.6) is 0 Å². The molecule has 0 radical (unpaired) electrons. The molecular weight excluding hydrogens is 280 g/mol. The van der Waals surface area contributed by atoms with Gasteiger partial charge in [-0.15, -0.1) is 0 Å². The maximum Gasteiger partial charge on any atom is 0.280 e. The van der Waals surface area contributed by atoms with E-state index in [1.807, 2.05) is 19.1 Å². The van der Waals surface area contributed by atoms with E-state index in [0.717, 1.165) is 23.4 Å². The zero-order valence-electron chi connectivity index (χ0n) is 12.0. The lowest BCUT2D eigenvalue weighted by Crippen LogP contribution is -1.92. The molecule has 2 heterocycles. The van der Waals surface area contributed by atoms with E-state index in [0.29, 0.717) is 11.4 Å². The number of benzene rings is 1. The summed E-state index contributed by atoms with van der Waals surface area (Å²) in [4.78, 5) is 22.6. The number of pyridine rings is 1. The summed E-state index contributed by atoms with van der Waals surface area (Å²) in [5.41, 5.74) is 3.12. The summed E-state index contributed by atoms with van der Waals surface area (Å²) in [5, 5.41) is 11.2. The molecular formula is C16H14N4O2. The number of aryl methyl sites for hydroxylation is 1. The number of aromatic nitrogens is 3. The first-order valence-corrected chi connectivity index (χ1v) is 6.93. The van der Waals surface area contributed by atoms with Crippen LogP contribution in [0.25, 0.3) is 22.6 Å². The van der Waals surface area contributed by atoms with E-state index < -0.39 is 4.92 Å². The summed E-state index contributed by atoms with van der Waals surface area (Å²) < 4.78 is 0. The van der Waals surface area contributed by atoms with Gasteiger partial charge in [0.2, 0.25) is 0 Å². The Hall–Kier alpha value is -3.02. The predicted octanol–water partition coefficient (Wildman–Crippen LogP) is 3.61. The number of nitro groups is 1. The molecule has 0 saturated heterocycles. The number of para-hydroxylation sites is 1. The molecule has 0 amide bonds. The Labute approximate surface area is 127 Å². The fourth-order valence-corrected chi connectivity index (χ4v) is 2.37. The van der Waals surface area contributed by atoms with Crippen molar-refractivity contribution in [2.75, 3.05) is 0 Å². The van der Waals surface area contributed by atoms with Gasteiger partial charge in [-0.05, 0) is 24.6 Å². The van der Waals surface area contributed by atoms with Crippen molar-refractivity contribution >= 4 is 5.69 Å². The Kier molecular flexibility index (Phi) is 3.65. The quantitative estimate of drug-likeness (QED) is 0.588. The van der Waals surface area contributed by atoms with Crippen molar-refractivity contribution in [3.05, 3.63) is 64.6 Å². The van der Waals surface area contributed by atoms with Gasteiger partial charge in [0.05, 0.1) is 16.2 Å². The Morgan fingerprint density at radius 3 is 2.73 bits per heavy atom. The number of H-pyrrole nitrogens is 1. The molecule has 1 N–H and O–H groups in total. The summed E-state index contributed by atoms with van der Waals surface area (Å²) in [5.74, 6) is 0.503. The molecule has 0 spiro atoms. The Balaban J connectivity index is 2.15. The number of hydrogen-bond donors (Lipinski definition) is 1. The van der Waals surface area contributed by atoms with Gasteiger partial charge in [-0.2, -0.15) is 0 Å². The molecule has 0 aliphatic heterocycles. The van der Waals surface area contributed by atoms with Crippen molar-refractivity contribution in [1.29, 1.82) is 0 Å². The molecule has 0 aliphatic rings. The molecule has 0 fully saturated rings. The molecule has 0 unspecified atom stereocenters. The lowest BCUT2D eigenvalue weighted by molar-refractivity contribution is -0.384. The number of hydrogen-bond acceptors (Lipinski definition) is 4. The number of aromatic amines is 1. The van der Waals surface area contributed by atoms with Crippen molar-refractivity contribution in [2.45, 2.75) is 13.3 Å². The van der Waals surface area contributed by atoms with E-state index in [4.69, 9.17) is 0 Å². The van der Waals surface area contributed by atoms with Crippen molar-refractivity contribution in [2.24, 2.45) is 0 Å². The third-order valence-corrected chi connectivity index (χ3v) is 3.42. The van der Waals surface area contributed by atoms with Crippen LogP contribution in [0.3, 0.4) is 0 Å². The molecule has 0 atom stereocenters. The number of nitrogens with one attached hydrogen (secondary N) is 1. The molecule has 110 valence electrons. The van der Waals surface area contributed by atoms with Crippen LogP contribution >= 0.6 is 0 Å². The molecule has 3 rings (SSSR count). The fourth-order valence-electron chi connectivity index (χ4n) is 2.37. The predicted molar refractivity (Wildman–Crippen MR) is 83.3 cm³/mol. The molecule has 6 heteroatoms. The minimum absolute atomic E-state index is 0.0386. The van der Waals surface area contributed by atoms with Gasteiger partial charge in [-0.25, -0.2) is 4.98 Å². The second-order valence-corrected chi connectivity index (χ2v) is 4.78. The standard InChI is InChI=1S/C16H14N4O2/c1-2-13-15(11-6-5-9-17-10-11)19-16(18-13)12-7-3-4-8-14(12)20(21)22/h3-10H,2H2,1H3,(H,18,19). The minimum Gasteiger partial charge on any atom is -0.341 e. The molecule has 0 bridgehead atoms. The summed E-state index contributed by atoms with van der Waals surface area (Å²) >= 11 is 0.